The predicted molar refractivity (Wildman–Crippen MR) is 75.9 cm³/mol. The van der Waals surface area contributed by atoms with Gasteiger partial charge in [0.15, 0.2) is 11.6 Å². The Labute approximate surface area is 125 Å². The van der Waals surface area contributed by atoms with Crippen molar-refractivity contribution in [2.75, 3.05) is 18.0 Å². The summed E-state index contributed by atoms with van der Waals surface area (Å²) in [7, 11) is 0. The average Bonchev–Trinajstić information content (AvgIpc) is 2.52. The highest BCUT2D eigenvalue weighted by Gasteiger charge is 2.31. The number of rotatable bonds is 2. The van der Waals surface area contributed by atoms with Gasteiger partial charge in [0.2, 0.25) is 0 Å². The van der Waals surface area contributed by atoms with Gasteiger partial charge in [-0.25, -0.2) is 23.1 Å². The second kappa shape index (κ2) is 5.92. The van der Waals surface area contributed by atoms with E-state index in [4.69, 9.17) is 5.73 Å². The molecule has 1 aromatic carbocycles. The topological polar surface area (TPSA) is 55.0 Å². The lowest BCUT2D eigenvalue weighted by molar-refractivity contribution is 0.416. The molecule has 4 nitrogen and oxygen atoms in total. The zero-order valence-corrected chi connectivity index (χ0v) is 11.7. The van der Waals surface area contributed by atoms with E-state index in [0.29, 0.717) is 25.6 Å². The van der Waals surface area contributed by atoms with E-state index in [9.17, 15) is 13.2 Å². The summed E-state index contributed by atoms with van der Waals surface area (Å²) in [6.07, 6.45) is 3.62. The summed E-state index contributed by atoms with van der Waals surface area (Å²) in [5.41, 5.74) is 6.26. The van der Waals surface area contributed by atoms with Crippen molar-refractivity contribution in [1.82, 2.24) is 9.97 Å². The van der Waals surface area contributed by atoms with E-state index in [2.05, 4.69) is 9.97 Å². The van der Waals surface area contributed by atoms with Crippen LogP contribution in [0.5, 0.6) is 0 Å². The Kier molecular flexibility index (Phi) is 3.98. The van der Waals surface area contributed by atoms with E-state index < -0.39 is 23.5 Å². The summed E-state index contributed by atoms with van der Waals surface area (Å²) in [6.45, 7) is 1.06. The van der Waals surface area contributed by atoms with Crippen LogP contribution in [-0.2, 0) is 0 Å². The average molecular weight is 308 g/mol. The fraction of sp³-hybridized carbons (Fsp3) is 0.333. The van der Waals surface area contributed by atoms with Gasteiger partial charge in [-0.05, 0) is 24.1 Å². The molecule has 1 aliphatic rings. The van der Waals surface area contributed by atoms with Gasteiger partial charge in [-0.1, -0.05) is 0 Å². The molecule has 2 aromatic rings. The van der Waals surface area contributed by atoms with Crippen LogP contribution in [-0.4, -0.2) is 29.1 Å². The van der Waals surface area contributed by atoms with E-state index in [1.165, 1.54) is 6.33 Å². The number of nitrogens with two attached hydrogens (primary N) is 1. The van der Waals surface area contributed by atoms with Gasteiger partial charge in [0.1, 0.15) is 18.0 Å². The van der Waals surface area contributed by atoms with Crippen molar-refractivity contribution < 1.29 is 13.2 Å². The minimum absolute atomic E-state index is 0.133. The van der Waals surface area contributed by atoms with Crippen LogP contribution in [0.25, 0.3) is 0 Å². The number of nitrogens with zero attached hydrogens (tertiary/aromatic N) is 3. The van der Waals surface area contributed by atoms with Crippen molar-refractivity contribution in [3.63, 3.8) is 0 Å². The van der Waals surface area contributed by atoms with Crippen molar-refractivity contribution in [3.8, 4) is 0 Å². The van der Waals surface area contributed by atoms with E-state index >= 15 is 0 Å². The third-order valence-corrected chi connectivity index (χ3v) is 3.99. The van der Waals surface area contributed by atoms with Crippen molar-refractivity contribution in [3.05, 3.63) is 53.7 Å². The van der Waals surface area contributed by atoms with Gasteiger partial charge < -0.3 is 10.6 Å². The first kappa shape index (κ1) is 14.8. The molecule has 0 saturated carbocycles. The molecule has 7 heteroatoms. The molecule has 0 amide bonds. The van der Waals surface area contributed by atoms with Crippen molar-refractivity contribution in [2.24, 2.45) is 5.73 Å². The quantitative estimate of drug-likeness (QED) is 0.864. The van der Waals surface area contributed by atoms with Crippen LogP contribution in [0.1, 0.15) is 17.9 Å². The van der Waals surface area contributed by atoms with Gasteiger partial charge in [-0.3, -0.25) is 0 Å². The first-order chi connectivity index (χ1) is 10.6. The van der Waals surface area contributed by atoms with Gasteiger partial charge >= 0.3 is 0 Å². The molecular weight excluding hydrogens is 293 g/mol. The Hall–Kier alpha value is -2.15. The minimum Gasteiger partial charge on any atom is -0.355 e. The van der Waals surface area contributed by atoms with Crippen molar-refractivity contribution in [1.29, 1.82) is 0 Å². The zero-order valence-electron chi connectivity index (χ0n) is 11.7. The van der Waals surface area contributed by atoms with E-state index in [-0.39, 0.29) is 11.5 Å². The van der Waals surface area contributed by atoms with E-state index in [1.54, 1.807) is 12.3 Å². The lowest BCUT2D eigenvalue weighted by Gasteiger charge is -2.37. The maximum Gasteiger partial charge on any atom is 0.161 e. The summed E-state index contributed by atoms with van der Waals surface area (Å²) >= 11 is 0. The molecule has 0 aliphatic carbocycles. The standard InChI is InChI=1S/C15H15F3N4/c16-11-6-13(18)12(17)5-10(11)9-2-4-22(7-14(9)19)15-1-3-20-8-21-15/h1,3,5-6,8-9,14H,2,4,7,19H2/t9-,14+/m1/s1. The highest BCUT2D eigenvalue weighted by molar-refractivity contribution is 5.39. The van der Waals surface area contributed by atoms with Crippen LogP contribution in [0.4, 0.5) is 19.0 Å². The summed E-state index contributed by atoms with van der Waals surface area (Å²) in [6, 6.07) is 2.86. The van der Waals surface area contributed by atoms with Crippen molar-refractivity contribution in [2.45, 2.75) is 18.4 Å². The molecule has 1 saturated heterocycles. The van der Waals surface area contributed by atoms with Crippen LogP contribution in [0, 0.1) is 17.5 Å². The van der Waals surface area contributed by atoms with Crippen LogP contribution in [0.3, 0.4) is 0 Å². The third kappa shape index (κ3) is 2.76. The molecule has 2 heterocycles. The molecule has 116 valence electrons. The Morgan fingerprint density at radius 1 is 1.14 bits per heavy atom. The van der Waals surface area contributed by atoms with Gasteiger partial charge in [0.25, 0.3) is 0 Å². The third-order valence-electron chi connectivity index (χ3n) is 3.99. The minimum atomic E-state index is -1.19. The largest absolute Gasteiger partial charge is 0.355 e. The Bertz CT molecular complexity index is 665. The first-order valence-corrected chi connectivity index (χ1v) is 6.97. The molecule has 2 N–H and O–H groups in total. The lowest BCUT2D eigenvalue weighted by atomic mass is 9.85. The maximum atomic E-state index is 13.9. The number of hydrogen-bond acceptors (Lipinski definition) is 4. The monoisotopic (exact) mass is 308 g/mol. The van der Waals surface area contributed by atoms with E-state index in [1.807, 2.05) is 4.90 Å². The second-order valence-electron chi connectivity index (χ2n) is 5.36. The highest BCUT2D eigenvalue weighted by Crippen LogP contribution is 2.31. The van der Waals surface area contributed by atoms with Crippen molar-refractivity contribution >= 4 is 5.82 Å². The summed E-state index contributed by atoms with van der Waals surface area (Å²) in [5, 5.41) is 0. The molecule has 0 radical (unpaired) electrons. The maximum absolute atomic E-state index is 13.9. The Morgan fingerprint density at radius 2 is 1.91 bits per heavy atom. The molecular formula is C15H15F3N4. The summed E-state index contributed by atoms with van der Waals surface area (Å²) < 4.78 is 40.3. The normalized spacial score (nSPS) is 21.9. The predicted octanol–water partition coefficient (Wildman–Crippen LogP) is 2.22. The zero-order chi connectivity index (χ0) is 15.7. The molecule has 1 aliphatic heterocycles. The molecule has 0 bridgehead atoms. The summed E-state index contributed by atoms with van der Waals surface area (Å²) in [5.74, 6) is -2.60. The fourth-order valence-corrected chi connectivity index (χ4v) is 2.87. The molecule has 0 spiro atoms. The number of benzene rings is 1. The summed E-state index contributed by atoms with van der Waals surface area (Å²) in [4.78, 5) is 9.98. The lowest BCUT2D eigenvalue weighted by Crippen LogP contribution is -2.48. The Morgan fingerprint density at radius 3 is 2.59 bits per heavy atom. The Balaban J connectivity index is 1.80. The van der Waals surface area contributed by atoms with E-state index in [0.717, 1.165) is 11.9 Å². The fourth-order valence-electron chi connectivity index (χ4n) is 2.87. The second-order valence-corrected chi connectivity index (χ2v) is 5.36. The number of hydrogen-bond donors (Lipinski definition) is 1. The number of aromatic nitrogens is 2. The van der Waals surface area contributed by atoms with Crippen LogP contribution >= 0.6 is 0 Å². The molecule has 1 fully saturated rings. The highest BCUT2D eigenvalue weighted by atomic mass is 19.2. The molecule has 1 aromatic heterocycles. The van der Waals surface area contributed by atoms with Gasteiger partial charge in [-0.2, -0.15) is 0 Å². The molecule has 3 rings (SSSR count). The van der Waals surface area contributed by atoms with Crippen LogP contribution < -0.4 is 10.6 Å². The smallest absolute Gasteiger partial charge is 0.161 e. The van der Waals surface area contributed by atoms with Gasteiger partial charge in [-0.15, -0.1) is 0 Å². The molecule has 0 unspecified atom stereocenters. The van der Waals surface area contributed by atoms with Crippen LogP contribution in [0.15, 0.2) is 30.7 Å². The van der Waals surface area contributed by atoms with Gasteiger partial charge in [0, 0.05) is 37.3 Å². The first-order valence-electron chi connectivity index (χ1n) is 6.97. The number of halogens is 3. The van der Waals surface area contributed by atoms with Crippen LogP contribution in [0.2, 0.25) is 0 Å². The SMILES string of the molecule is N[C@H]1CN(c2ccncn2)CC[C@@H]1c1cc(F)c(F)cc1F. The number of anilines is 1. The number of piperidine rings is 1. The molecule has 2 atom stereocenters. The molecule has 22 heavy (non-hydrogen) atoms. The van der Waals surface area contributed by atoms with Gasteiger partial charge in [0.05, 0.1) is 0 Å².